The van der Waals surface area contributed by atoms with E-state index in [0.29, 0.717) is 21.4 Å². The molecule has 0 aliphatic heterocycles. The lowest BCUT2D eigenvalue weighted by Gasteiger charge is -2.09. The first-order valence-corrected chi connectivity index (χ1v) is 9.30. The molecule has 0 unspecified atom stereocenters. The number of rotatable bonds is 5. The molecule has 1 saturated carbocycles. The number of carbonyl (C=O) groups excluding carboxylic acids is 1. The van der Waals surface area contributed by atoms with Gasteiger partial charge in [0.2, 0.25) is 5.91 Å². The number of anilines is 1. The van der Waals surface area contributed by atoms with Crippen LogP contribution in [0.25, 0.3) is 0 Å². The minimum atomic E-state index is -4.55. The summed E-state index contributed by atoms with van der Waals surface area (Å²) in [7, 11) is 0. The van der Waals surface area contributed by atoms with Gasteiger partial charge >= 0.3 is 6.18 Å². The van der Waals surface area contributed by atoms with E-state index in [4.69, 9.17) is 23.2 Å². The molecule has 1 aromatic carbocycles. The Balaban J connectivity index is 1.71. The number of amides is 1. The first-order chi connectivity index (χ1) is 12.2. The first kappa shape index (κ1) is 19.5. The fourth-order valence-electron chi connectivity index (χ4n) is 2.56. The van der Waals surface area contributed by atoms with Gasteiger partial charge in [-0.2, -0.15) is 18.3 Å². The molecule has 0 atom stereocenters. The Morgan fingerprint density at radius 1 is 1.31 bits per heavy atom. The van der Waals surface area contributed by atoms with E-state index in [2.05, 4.69) is 26.3 Å². The molecule has 1 N–H and O–H groups in total. The van der Waals surface area contributed by atoms with Gasteiger partial charge in [-0.1, -0.05) is 23.2 Å². The van der Waals surface area contributed by atoms with Crippen LogP contribution in [0.4, 0.5) is 18.9 Å². The summed E-state index contributed by atoms with van der Waals surface area (Å²) in [5.41, 5.74) is 0.00777. The summed E-state index contributed by atoms with van der Waals surface area (Å²) in [4.78, 5) is 12.1. The number of nitrogens with one attached hydrogen (secondary N) is 1. The van der Waals surface area contributed by atoms with E-state index in [1.807, 2.05) is 0 Å². The van der Waals surface area contributed by atoms with Crippen molar-refractivity contribution in [3.05, 3.63) is 44.1 Å². The molecule has 2 aromatic rings. The topological polar surface area (TPSA) is 46.9 Å². The molecule has 0 saturated heterocycles. The molecule has 10 heteroatoms. The molecule has 1 aromatic heterocycles. The minimum absolute atomic E-state index is 0.0224. The Labute approximate surface area is 165 Å². The van der Waals surface area contributed by atoms with Crippen molar-refractivity contribution in [3.8, 4) is 0 Å². The normalized spacial score (nSPS) is 14.5. The summed E-state index contributed by atoms with van der Waals surface area (Å²) in [5.74, 6) is -0.309. The van der Waals surface area contributed by atoms with Gasteiger partial charge in [0, 0.05) is 18.0 Å². The standard InChI is InChI=1S/C16H13BrCl2F3N3O/c17-13-14(8-1-2-8)25(24-15(13)16(20,21)22)6-5-12(26)23-9-3-4-10(18)11(19)7-9/h3-4,7-8H,1-2,5-6H2,(H,23,26). The molecule has 1 amide bonds. The van der Waals surface area contributed by atoms with Crippen LogP contribution in [0.15, 0.2) is 22.7 Å². The van der Waals surface area contributed by atoms with Crippen molar-refractivity contribution in [1.82, 2.24) is 9.78 Å². The fourth-order valence-corrected chi connectivity index (χ4v) is 3.69. The van der Waals surface area contributed by atoms with Gasteiger partial charge in [-0.3, -0.25) is 9.48 Å². The summed E-state index contributed by atoms with van der Waals surface area (Å²) in [6.07, 6.45) is -2.93. The maximum Gasteiger partial charge on any atom is 0.436 e. The Kier molecular flexibility index (Phi) is 5.55. The smallest absolute Gasteiger partial charge is 0.326 e. The number of aryl methyl sites for hydroxylation is 1. The molecule has 1 fully saturated rings. The van der Waals surface area contributed by atoms with Crippen LogP contribution < -0.4 is 5.32 Å². The van der Waals surface area contributed by atoms with Crippen molar-refractivity contribution in [2.45, 2.75) is 37.9 Å². The van der Waals surface area contributed by atoms with Gasteiger partial charge in [0.15, 0.2) is 5.69 Å². The van der Waals surface area contributed by atoms with E-state index in [-0.39, 0.29) is 29.3 Å². The lowest BCUT2D eigenvalue weighted by atomic mass is 10.2. The van der Waals surface area contributed by atoms with Gasteiger partial charge in [0.05, 0.1) is 26.8 Å². The molecular formula is C16H13BrCl2F3N3O. The Hall–Kier alpha value is -1.25. The van der Waals surface area contributed by atoms with Crippen LogP contribution in [0, 0.1) is 0 Å². The molecule has 1 aliphatic rings. The second-order valence-corrected chi connectivity index (χ2v) is 7.58. The average Bonchev–Trinajstić information content (AvgIpc) is 3.31. The largest absolute Gasteiger partial charge is 0.436 e. The quantitative estimate of drug-likeness (QED) is 0.593. The minimum Gasteiger partial charge on any atom is -0.326 e. The molecular weight excluding hydrogens is 458 g/mol. The molecule has 3 rings (SSSR count). The van der Waals surface area contributed by atoms with Gasteiger partial charge in [0.1, 0.15) is 0 Å². The molecule has 1 heterocycles. The van der Waals surface area contributed by atoms with Crippen LogP contribution in [0.2, 0.25) is 10.0 Å². The van der Waals surface area contributed by atoms with E-state index >= 15 is 0 Å². The number of alkyl halides is 3. The van der Waals surface area contributed by atoms with E-state index in [9.17, 15) is 18.0 Å². The number of nitrogens with zero attached hydrogens (tertiary/aromatic N) is 2. The van der Waals surface area contributed by atoms with Crippen LogP contribution in [-0.4, -0.2) is 15.7 Å². The number of benzene rings is 1. The Morgan fingerprint density at radius 2 is 2.00 bits per heavy atom. The zero-order valence-corrected chi connectivity index (χ0v) is 16.3. The lowest BCUT2D eigenvalue weighted by Crippen LogP contribution is -2.16. The van der Waals surface area contributed by atoms with Gasteiger partial charge in [-0.15, -0.1) is 0 Å². The van der Waals surface area contributed by atoms with E-state index in [1.165, 1.54) is 10.7 Å². The van der Waals surface area contributed by atoms with Gasteiger partial charge in [-0.05, 0) is 47.0 Å². The third kappa shape index (κ3) is 4.35. The third-order valence-corrected chi connectivity index (χ3v) is 5.44. The predicted molar refractivity (Wildman–Crippen MR) is 96.6 cm³/mol. The van der Waals surface area contributed by atoms with Crippen molar-refractivity contribution >= 4 is 50.7 Å². The van der Waals surface area contributed by atoms with E-state index in [0.717, 1.165) is 12.8 Å². The highest BCUT2D eigenvalue weighted by Crippen LogP contribution is 2.47. The highest BCUT2D eigenvalue weighted by molar-refractivity contribution is 9.10. The van der Waals surface area contributed by atoms with Crippen LogP contribution in [0.3, 0.4) is 0 Å². The second kappa shape index (κ2) is 7.40. The van der Waals surface area contributed by atoms with E-state index in [1.54, 1.807) is 12.1 Å². The SMILES string of the molecule is O=C(CCn1nc(C(F)(F)F)c(Br)c1C1CC1)Nc1ccc(Cl)c(Cl)c1. The van der Waals surface area contributed by atoms with Crippen LogP contribution in [0.5, 0.6) is 0 Å². The van der Waals surface area contributed by atoms with Crippen molar-refractivity contribution < 1.29 is 18.0 Å². The molecule has 26 heavy (non-hydrogen) atoms. The summed E-state index contributed by atoms with van der Waals surface area (Å²) >= 11 is 14.7. The number of hydrogen-bond acceptors (Lipinski definition) is 2. The number of aromatic nitrogens is 2. The zero-order chi connectivity index (χ0) is 19.1. The van der Waals surface area contributed by atoms with Crippen molar-refractivity contribution in [2.75, 3.05) is 5.32 Å². The van der Waals surface area contributed by atoms with Crippen LogP contribution in [-0.2, 0) is 17.5 Å². The number of halogens is 6. The third-order valence-electron chi connectivity index (χ3n) is 3.92. The van der Waals surface area contributed by atoms with Gasteiger partial charge in [-0.25, -0.2) is 0 Å². The van der Waals surface area contributed by atoms with Gasteiger partial charge in [0.25, 0.3) is 0 Å². The highest BCUT2D eigenvalue weighted by atomic mass is 79.9. The molecule has 0 spiro atoms. The molecule has 1 aliphatic carbocycles. The van der Waals surface area contributed by atoms with Gasteiger partial charge < -0.3 is 5.32 Å². The number of hydrogen-bond donors (Lipinski definition) is 1. The fraction of sp³-hybridized carbons (Fsp3) is 0.375. The Bertz CT molecular complexity index is 850. The molecule has 0 radical (unpaired) electrons. The Morgan fingerprint density at radius 3 is 2.58 bits per heavy atom. The summed E-state index contributed by atoms with van der Waals surface area (Å²) in [6.45, 7) is 0.0493. The molecule has 0 bridgehead atoms. The maximum absolute atomic E-state index is 13.1. The van der Waals surface area contributed by atoms with Crippen molar-refractivity contribution in [2.24, 2.45) is 0 Å². The molecule has 140 valence electrons. The summed E-state index contributed by atoms with van der Waals surface area (Å²) < 4.78 is 40.5. The number of carbonyl (C=O) groups is 1. The average molecular weight is 471 g/mol. The maximum atomic E-state index is 13.1. The predicted octanol–water partition coefficient (Wildman–Crippen LogP) is 5.88. The highest BCUT2D eigenvalue weighted by Gasteiger charge is 2.41. The molecule has 4 nitrogen and oxygen atoms in total. The second-order valence-electron chi connectivity index (χ2n) is 5.97. The zero-order valence-electron chi connectivity index (χ0n) is 13.2. The summed E-state index contributed by atoms with van der Waals surface area (Å²) in [5, 5.41) is 6.97. The van der Waals surface area contributed by atoms with Crippen LogP contribution >= 0.6 is 39.1 Å². The van der Waals surface area contributed by atoms with Crippen LogP contribution in [0.1, 0.15) is 36.6 Å². The van der Waals surface area contributed by atoms with Crippen molar-refractivity contribution in [1.29, 1.82) is 0 Å². The first-order valence-electron chi connectivity index (χ1n) is 7.75. The van der Waals surface area contributed by atoms with Crippen molar-refractivity contribution in [3.63, 3.8) is 0 Å². The summed E-state index contributed by atoms with van der Waals surface area (Å²) in [6, 6.07) is 4.64. The monoisotopic (exact) mass is 469 g/mol. The lowest BCUT2D eigenvalue weighted by molar-refractivity contribution is -0.142. The van der Waals surface area contributed by atoms with E-state index < -0.39 is 11.9 Å².